The van der Waals surface area contributed by atoms with Gasteiger partial charge in [-0.1, -0.05) is 0 Å². The normalized spacial score (nSPS) is 18.2. The molecule has 2 aromatic rings. The second-order valence-electron chi connectivity index (χ2n) is 5.28. The van der Waals surface area contributed by atoms with Gasteiger partial charge in [-0.15, -0.1) is 10.2 Å². The molecule has 0 bridgehead atoms. The zero-order valence-corrected chi connectivity index (χ0v) is 12.0. The van der Waals surface area contributed by atoms with Crippen molar-refractivity contribution in [2.75, 3.05) is 11.4 Å². The van der Waals surface area contributed by atoms with Gasteiger partial charge in [0.2, 0.25) is 0 Å². The first-order valence-electron chi connectivity index (χ1n) is 6.93. The number of carboxylic acids is 1. The minimum atomic E-state index is -0.808. The number of anilines is 1. The van der Waals surface area contributed by atoms with Crippen molar-refractivity contribution in [3.63, 3.8) is 0 Å². The average Bonchev–Trinajstić information content (AvgIpc) is 3.05. The molecule has 110 valence electrons. The van der Waals surface area contributed by atoms with Crippen LogP contribution in [-0.4, -0.2) is 43.6 Å². The lowest BCUT2D eigenvalue weighted by Crippen LogP contribution is -2.36. The molecule has 3 rings (SSSR count). The fourth-order valence-electron chi connectivity index (χ4n) is 2.74. The molecule has 0 amide bonds. The Morgan fingerprint density at radius 2 is 2.00 bits per heavy atom. The Kier molecular flexibility index (Phi) is 3.32. The SMILES string of the molecule is Cc1cc(C)n(-c2ccc(N3CCC[C@H]3C(=O)O)nn2)n1. The molecule has 1 aliphatic heterocycles. The second-order valence-corrected chi connectivity index (χ2v) is 5.28. The van der Waals surface area contributed by atoms with Crippen molar-refractivity contribution in [3.05, 3.63) is 29.6 Å². The van der Waals surface area contributed by atoms with Crippen LogP contribution in [0.15, 0.2) is 18.2 Å². The molecule has 0 aliphatic carbocycles. The van der Waals surface area contributed by atoms with Gasteiger partial charge in [-0.3, -0.25) is 0 Å². The monoisotopic (exact) mass is 287 g/mol. The van der Waals surface area contributed by atoms with E-state index in [1.807, 2.05) is 26.0 Å². The largest absolute Gasteiger partial charge is 0.480 e. The van der Waals surface area contributed by atoms with E-state index in [4.69, 9.17) is 0 Å². The van der Waals surface area contributed by atoms with E-state index in [9.17, 15) is 9.90 Å². The third-order valence-electron chi connectivity index (χ3n) is 3.70. The predicted octanol–water partition coefficient (Wildman–Crippen LogP) is 1.33. The van der Waals surface area contributed by atoms with Crippen molar-refractivity contribution in [2.45, 2.75) is 32.7 Å². The standard InChI is InChI=1S/C14H17N5O2/c1-9-8-10(2)19(17-9)13-6-5-12(15-16-13)18-7-3-4-11(18)14(20)21/h5-6,8,11H,3-4,7H2,1-2H3,(H,20,21)/t11-/m0/s1. The number of hydrogen-bond acceptors (Lipinski definition) is 5. The van der Waals surface area contributed by atoms with Crippen molar-refractivity contribution in [3.8, 4) is 5.82 Å². The summed E-state index contributed by atoms with van der Waals surface area (Å²) in [5.74, 6) is 0.428. The van der Waals surface area contributed by atoms with E-state index in [0.717, 1.165) is 17.8 Å². The summed E-state index contributed by atoms with van der Waals surface area (Å²) >= 11 is 0. The third-order valence-corrected chi connectivity index (χ3v) is 3.70. The molecule has 7 heteroatoms. The Morgan fingerprint density at radius 3 is 2.57 bits per heavy atom. The van der Waals surface area contributed by atoms with Crippen LogP contribution in [0.3, 0.4) is 0 Å². The molecule has 0 radical (unpaired) electrons. The molecule has 3 heterocycles. The van der Waals surface area contributed by atoms with Gasteiger partial charge in [0, 0.05) is 12.2 Å². The summed E-state index contributed by atoms with van der Waals surface area (Å²) in [4.78, 5) is 13.0. The number of nitrogens with zero attached hydrogens (tertiary/aromatic N) is 5. The van der Waals surface area contributed by atoms with Crippen LogP contribution in [0.1, 0.15) is 24.2 Å². The van der Waals surface area contributed by atoms with Gasteiger partial charge in [0.05, 0.1) is 5.69 Å². The van der Waals surface area contributed by atoms with Gasteiger partial charge in [-0.2, -0.15) is 5.10 Å². The van der Waals surface area contributed by atoms with E-state index >= 15 is 0 Å². The van der Waals surface area contributed by atoms with E-state index in [-0.39, 0.29) is 0 Å². The molecule has 0 aromatic carbocycles. The van der Waals surface area contributed by atoms with Gasteiger partial charge >= 0.3 is 5.97 Å². The van der Waals surface area contributed by atoms with Gasteiger partial charge in [0.25, 0.3) is 0 Å². The maximum absolute atomic E-state index is 11.2. The number of aromatic nitrogens is 4. The lowest BCUT2D eigenvalue weighted by molar-refractivity contribution is -0.138. The minimum absolute atomic E-state index is 0.501. The van der Waals surface area contributed by atoms with Crippen LogP contribution in [0.25, 0.3) is 5.82 Å². The highest BCUT2D eigenvalue weighted by Gasteiger charge is 2.31. The number of carboxylic acid groups (broad SMARTS) is 1. The Labute approximate surface area is 122 Å². The molecule has 1 fully saturated rings. The van der Waals surface area contributed by atoms with Crippen LogP contribution in [-0.2, 0) is 4.79 Å². The number of aryl methyl sites for hydroxylation is 2. The molecule has 0 unspecified atom stereocenters. The molecule has 0 saturated carbocycles. The van der Waals surface area contributed by atoms with Crippen molar-refractivity contribution >= 4 is 11.8 Å². The topological polar surface area (TPSA) is 84.1 Å². The van der Waals surface area contributed by atoms with Crippen molar-refractivity contribution in [1.82, 2.24) is 20.0 Å². The van der Waals surface area contributed by atoms with Gasteiger partial charge < -0.3 is 10.0 Å². The Bertz CT molecular complexity index is 665. The van der Waals surface area contributed by atoms with Crippen molar-refractivity contribution in [1.29, 1.82) is 0 Å². The lowest BCUT2D eigenvalue weighted by Gasteiger charge is -2.21. The van der Waals surface area contributed by atoms with Crippen LogP contribution in [0.4, 0.5) is 5.82 Å². The third kappa shape index (κ3) is 2.46. The van der Waals surface area contributed by atoms with Gasteiger partial charge in [0.15, 0.2) is 11.6 Å². The van der Waals surface area contributed by atoms with Crippen molar-refractivity contribution in [2.24, 2.45) is 0 Å². The highest BCUT2D eigenvalue weighted by Crippen LogP contribution is 2.24. The van der Waals surface area contributed by atoms with E-state index in [2.05, 4.69) is 15.3 Å². The summed E-state index contributed by atoms with van der Waals surface area (Å²) in [6, 6.07) is 5.09. The lowest BCUT2D eigenvalue weighted by atomic mass is 10.2. The molecule has 21 heavy (non-hydrogen) atoms. The summed E-state index contributed by atoms with van der Waals surface area (Å²) in [6.45, 7) is 4.58. The molecular formula is C14H17N5O2. The van der Waals surface area contributed by atoms with Crippen LogP contribution >= 0.6 is 0 Å². The Balaban J connectivity index is 1.87. The van der Waals surface area contributed by atoms with Gasteiger partial charge in [-0.05, 0) is 44.9 Å². The van der Waals surface area contributed by atoms with Crippen molar-refractivity contribution < 1.29 is 9.90 Å². The van der Waals surface area contributed by atoms with Gasteiger partial charge in [0.1, 0.15) is 6.04 Å². The first-order valence-corrected chi connectivity index (χ1v) is 6.93. The number of rotatable bonds is 3. The molecular weight excluding hydrogens is 270 g/mol. The molecule has 1 aliphatic rings. The zero-order chi connectivity index (χ0) is 15.0. The highest BCUT2D eigenvalue weighted by molar-refractivity contribution is 5.78. The molecule has 1 atom stereocenters. The molecule has 0 spiro atoms. The summed E-state index contributed by atoms with van der Waals surface area (Å²) < 4.78 is 1.73. The number of hydrogen-bond donors (Lipinski definition) is 1. The second kappa shape index (κ2) is 5.16. The Morgan fingerprint density at radius 1 is 1.29 bits per heavy atom. The fraction of sp³-hybridized carbons (Fsp3) is 0.429. The Hall–Kier alpha value is -2.44. The maximum Gasteiger partial charge on any atom is 0.326 e. The highest BCUT2D eigenvalue weighted by atomic mass is 16.4. The molecule has 1 N–H and O–H groups in total. The number of carbonyl (C=O) groups is 1. The molecule has 2 aromatic heterocycles. The van der Waals surface area contributed by atoms with E-state index < -0.39 is 12.0 Å². The number of aliphatic carboxylic acids is 1. The van der Waals surface area contributed by atoms with Gasteiger partial charge in [-0.25, -0.2) is 9.48 Å². The van der Waals surface area contributed by atoms with E-state index in [1.165, 1.54) is 0 Å². The van der Waals surface area contributed by atoms with E-state index in [1.54, 1.807) is 15.6 Å². The van der Waals surface area contributed by atoms with Crippen LogP contribution in [0.2, 0.25) is 0 Å². The van der Waals surface area contributed by atoms with E-state index in [0.29, 0.717) is 24.6 Å². The molecule has 1 saturated heterocycles. The summed E-state index contributed by atoms with van der Waals surface area (Å²) in [5, 5.41) is 21.9. The molecule has 7 nitrogen and oxygen atoms in total. The summed E-state index contributed by atoms with van der Waals surface area (Å²) in [6.07, 6.45) is 1.51. The summed E-state index contributed by atoms with van der Waals surface area (Å²) in [7, 11) is 0. The zero-order valence-electron chi connectivity index (χ0n) is 12.0. The first-order chi connectivity index (χ1) is 10.1. The smallest absolute Gasteiger partial charge is 0.326 e. The fourth-order valence-corrected chi connectivity index (χ4v) is 2.74. The van der Waals surface area contributed by atoms with Crippen LogP contribution in [0, 0.1) is 13.8 Å². The predicted molar refractivity (Wildman–Crippen MR) is 76.6 cm³/mol. The minimum Gasteiger partial charge on any atom is -0.480 e. The average molecular weight is 287 g/mol. The quantitative estimate of drug-likeness (QED) is 0.917. The summed E-state index contributed by atoms with van der Waals surface area (Å²) in [5.41, 5.74) is 1.91. The van der Waals surface area contributed by atoms with Crippen LogP contribution in [0.5, 0.6) is 0 Å². The maximum atomic E-state index is 11.2. The van der Waals surface area contributed by atoms with Crippen LogP contribution < -0.4 is 4.90 Å². The first kappa shape index (κ1) is 13.5.